The minimum Gasteiger partial charge on any atom is -0.490 e. The molecule has 0 aromatic heterocycles. The van der Waals surface area contributed by atoms with Gasteiger partial charge in [0.25, 0.3) is 0 Å². The van der Waals surface area contributed by atoms with E-state index in [0.29, 0.717) is 6.61 Å². The number of hydrogen-bond donors (Lipinski definition) is 1. The molecule has 0 radical (unpaired) electrons. The van der Waals surface area contributed by atoms with Gasteiger partial charge in [-0.25, -0.2) is 0 Å². The molecule has 0 saturated heterocycles. The molecule has 0 saturated carbocycles. The van der Waals surface area contributed by atoms with E-state index < -0.39 is 0 Å². The molecule has 1 atom stereocenters. The van der Waals surface area contributed by atoms with Crippen molar-refractivity contribution in [3.63, 3.8) is 0 Å². The molecule has 3 nitrogen and oxygen atoms in total. The second kappa shape index (κ2) is 7.21. The van der Waals surface area contributed by atoms with Gasteiger partial charge in [-0.2, -0.15) is 0 Å². The molecule has 0 heterocycles. The first-order chi connectivity index (χ1) is 8.54. The third kappa shape index (κ3) is 4.53. The first-order valence-corrected chi connectivity index (χ1v) is 6.75. The Morgan fingerprint density at radius 3 is 2.56 bits per heavy atom. The van der Waals surface area contributed by atoms with Crippen LogP contribution in [0.2, 0.25) is 0 Å². The lowest BCUT2D eigenvalue weighted by atomic mass is 10.1. The van der Waals surface area contributed by atoms with Gasteiger partial charge in [0, 0.05) is 5.69 Å². The van der Waals surface area contributed by atoms with E-state index in [1.165, 1.54) is 0 Å². The number of hydrogen-bond acceptors (Lipinski definition) is 2. The number of halogens is 1. The van der Waals surface area contributed by atoms with Crippen molar-refractivity contribution < 1.29 is 9.53 Å². The van der Waals surface area contributed by atoms with Gasteiger partial charge in [0.05, 0.1) is 4.83 Å². The molecule has 0 aliphatic carbocycles. The Morgan fingerprint density at radius 1 is 1.44 bits per heavy atom. The van der Waals surface area contributed by atoms with E-state index in [4.69, 9.17) is 4.74 Å². The Bertz CT molecular complexity index is 401. The van der Waals surface area contributed by atoms with E-state index in [0.717, 1.165) is 11.4 Å². The maximum Gasteiger partial charge on any atom is 0.238 e. The molecule has 1 unspecified atom stereocenters. The van der Waals surface area contributed by atoms with Gasteiger partial charge in [-0.1, -0.05) is 42.4 Å². The fraction of sp³-hybridized carbons (Fsp3) is 0.357. The van der Waals surface area contributed by atoms with E-state index >= 15 is 0 Å². The van der Waals surface area contributed by atoms with Gasteiger partial charge >= 0.3 is 0 Å². The molecule has 1 aromatic carbocycles. The van der Waals surface area contributed by atoms with Gasteiger partial charge in [0.1, 0.15) is 12.4 Å². The molecular formula is C14H18BrNO2. The average molecular weight is 312 g/mol. The molecule has 4 heteroatoms. The molecule has 98 valence electrons. The van der Waals surface area contributed by atoms with Crippen molar-refractivity contribution in [2.45, 2.75) is 18.7 Å². The third-order valence-corrected chi connectivity index (χ3v) is 3.80. The summed E-state index contributed by atoms with van der Waals surface area (Å²) in [6.07, 6.45) is 1.69. The van der Waals surface area contributed by atoms with Crippen LogP contribution in [0.15, 0.2) is 36.9 Å². The third-order valence-electron chi connectivity index (χ3n) is 2.33. The van der Waals surface area contributed by atoms with E-state index in [-0.39, 0.29) is 16.7 Å². The van der Waals surface area contributed by atoms with Gasteiger partial charge in [-0.05, 0) is 30.2 Å². The van der Waals surface area contributed by atoms with Crippen LogP contribution in [0.4, 0.5) is 5.69 Å². The summed E-state index contributed by atoms with van der Waals surface area (Å²) < 4.78 is 5.36. The molecule has 0 aliphatic rings. The minimum atomic E-state index is -0.186. The number of anilines is 1. The standard InChI is InChI=1S/C14H18BrNO2/c1-4-9-18-12-7-5-11(6-8-12)16-14(17)13(15)10(2)3/h4-8,10,13H,1,9H2,2-3H3,(H,16,17). The van der Waals surface area contributed by atoms with E-state index in [1.54, 1.807) is 6.08 Å². The zero-order valence-electron chi connectivity index (χ0n) is 10.7. The van der Waals surface area contributed by atoms with E-state index in [9.17, 15) is 4.79 Å². The summed E-state index contributed by atoms with van der Waals surface area (Å²) in [6, 6.07) is 7.27. The van der Waals surface area contributed by atoms with E-state index in [2.05, 4.69) is 27.8 Å². The second-order valence-corrected chi connectivity index (χ2v) is 5.25. The van der Waals surface area contributed by atoms with Crippen LogP contribution in [0, 0.1) is 5.92 Å². The molecule has 0 aliphatic heterocycles. The number of alkyl halides is 1. The summed E-state index contributed by atoms with van der Waals surface area (Å²) in [5.74, 6) is 0.970. The Labute approximate surface area is 116 Å². The predicted octanol–water partition coefficient (Wildman–Crippen LogP) is 3.61. The first kappa shape index (κ1) is 14.8. The van der Waals surface area contributed by atoms with Crippen LogP contribution in [0.5, 0.6) is 5.75 Å². The summed E-state index contributed by atoms with van der Waals surface area (Å²) in [5, 5.41) is 2.84. The Hall–Kier alpha value is -1.29. The molecule has 18 heavy (non-hydrogen) atoms. The van der Waals surface area contributed by atoms with Crippen molar-refractivity contribution in [2.75, 3.05) is 11.9 Å². The number of amides is 1. The summed E-state index contributed by atoms with van der Waals surface area (Å²) in [7, 11) is 0. The number of carbonyl (C=O) groups excluding carboxylic acids is 1. The largest absolute Gasteiger partial charge is 0.490 e. The highest BCUT2D eigenvalue weighted by Crippen LogP contribution is 2.18. The lowest BCUT2D eigenvalue weighted by Gasteiger charge is -2.14. The number of nitrogens with one attached hydrogen (secondary N) is 1. The molecule has 0 bridgehead atoms. The molecule has 1 N–H and O–H groups in total. The Balaban J connectivity index is 2.58. The SMILES string of the molecule is C=CCOc1ccc(NC(=O)C(Br)C(C)C)cc1. The maximum atomic E-state index is 11.8. The average Bonchev–Trinajstić information content (AvgIpc) is 2.36. The van der Waals surface area contributed by atoms with Crippen LogP contribution >= 0.6 is 15.9 Å². The highest BCUT2D eigenvalue weighted by Gasteiger charge is 2.18. The van der Waals surface area contributed by atoms with Crippen molar-refractivity contribution in [1.82, 2.24) is 0 Å². The van der Waals surface area contributed by atoms with Crippen LogP contribution < -0.4 is 10.1 Å². The summed E-state index contributed by atoms with van der Waals surface area (Å²) in [6.45, 7) is 8.04. The summed E-state index contributed by atoms with van der Waals surface area (Å²) in [4.78, 5) is 11.6. The van der Waals surface area contributed by atoms with Gasteiger partial charge in [-0.3, -0.25) is 4.79 Å². The summed E-state index contributed by atoms with van der Waals surface area (Å²) >= 11 is 3.37. The smallest absolute Gasteiger partial charge is 0.238 e. The van der Waals surface area contributed by atoms with Crippen molar-refractivity contribution in [3.8, 4) is 5.75 Å². The minimum absolute atomic E-state index is 0.0373. The van der Waals surface area contributed by atoms with Gasteiger partial charge in [0.2, 0.25) is 5.91 Å². The topological polar surface area (TPSA) is 38.3 Å². The van der Waals surface area contributed by atoms with Gasteiger partial charge < -0.3 is 10.1 Å². The van der Waals surface area contributed by atoms with Gasteiger partial charge in [0.15, 0.2) is 0 Å². The predicted molar refractivity (Wildman–Crippen MR) is 78.3 cm³/mol. The normalized spacial score (nSPS) is 12.0. The quantitative estimate of drug-likeness (QED) is 0.644. The first-order valence-electron chi connectivity index (χ1n) is 5.83. The fourth-order valence-corrected chi connectivity index (χ4v) is 1.42. The Kier molecular flexibility index (Phi) is 5.92. The van der Waals surface area contributed by atoms with E-state index in [1.807, 2.05) is 38.1 Å². The van der Waals surface area contributed by atoms with Crippen molar-refractivity contribution in [3.05, 3.63) is 36.9 Å². The molecule has 0 spiro atoms. The maximum absolute atomic E-state index is 11.8. The van der Waals surface area contributed by atoms with Crippen molar-refractivity contribution in [1.29, 1.82) is 0 Å². The van der Waals surface area contributed by atoms with Crippen LogP contribution in [-0.2, 0) is 4.79 Å². The molecule has 1 rings (SSSR count). The number of ether oxygens (including phenoxy) is 1. The number of carbonyl (C=O) groups is 1. The number of rotatable bonds is 6. The Morgan fingerprint density at radius 2 is 2.06 bits per heavy atom. The molecular weight excluding hydrogens is 294 g/mol. The highest BCUT2D eigenvalue weighted by molar-refractivity contribution is 9.10. The molecule has 1 aromatic rings. The summed E-state index contributed by atoms with van der Waals surface area (Å²) in [5.41, 5.74) is 0.760. The van der Waals surface area contributed by atoms with Crippen molar-refractivity contribution >= 4 is 27.5 Å². The lowest BCUT2D eigenvalue weighted by molar-refractivity contribution is -0.116. The van der Waals surface area contributed by atoms with Crippen LogP contribution in [0.25, 0.3) is 0 Å². The zero-order chi connectivity index (χ0) is 13.5. The zero-order valence-corrected chi connectivity index (χ0v) is 12.2. The highest BCUT2D eigenvalue weighted by atomic mass is 79.9. The lowest BCUT2D eigenvalue weighted by Crippen LogP contribution is -2.26. The van der Waals surface area contributed by atoms with Crippen LogP contribution in [0.1, 0.15) is 13.8 Å². The molecule has 0 fully saturated rings. The van der Waals surface area contributed by atoms with Crippen molar-refractivity contribution in [2.24, 2.45) is 5.92 Å². The van der Waals surface area contributed by atoms with Crippen LogP contribution in [-0.4, -0.2) is 17.3 Å². The number of benzene rings is 1. The van der Waals surface area contributed by atoms with Gasteiger partial charge in [-0.15, -0.1) is 0 Å². The fourth-order valence-electron chi connectivity index (χ4n) is 1.30. The molecule has 1 amide bonds. The second-order valence-electron chi connectivity index (χ2n) is 4.26. The van der Waals surface area contributed by atoms with Crippen LogP contribution in [0.3, 0.4) is 0 Å². The monoisotopic (exact) mass is 311 g/mol.